The first kappa shape index (κ1) is 23.2. The monoisotopic (exact) mass is 440 g/mol. The second-order valence-electron chi connectivity index (χ2n) is 8.25. The zero-order chi connectivity index (χ0) is 23.1. The zero-order valence-electron chi connectivity index (χ0n) is 18.4. The van der Waals surface area contributed by atoms with Gasteiger partial charge in [0.05, 0.1) is 5.92 Å². The lowest BCUT2D eigenvalue weighted by molar-refractivity contribution is -0.126. The summed E-state index contributed by atoms with van der Waals surface area (Å²) in [6.45, 7) is 4.56. The molecule has 0 saturated carbocycles. The molecule has 0 aliphatic carbocycles. The summed E-state index contributed by atoms with van der Waals surface area (Å²) in [5, 5.41) is 8.41. The summed E-state index contributed by atoms with van der Waals surface area (Å²) in [5.74, 6) is -1.15. The number of carbonyl (C=O) groups is 3. The van der Waals surface area contributed by atoms with Crippen LogP contribution in [0.25, 0.3) is 0 Å². The fourth-order valence-corrected chi connectivity index (χ4v) is 3.51. The van der Waals surface area contributed by atoms with Crippen LogP contribution in [0.5, 0.6) is 0 Å². The first-order valence-electron chi connectivity index (χ1n) is 10.8. The SMILES string of the molecule is CC(C)C(=O)Nc1cccc(NC(=O)N2CCCC(C(=O)NCc3ccccc3F)C2)c1. The molecule has 7 nitrogen and oxygen atoms in total. The highest BCUT2D eigenvalue weighted by Gasteiger charge is 2.28. The Morgan fingerprint density at radius 3 is 2.50 bits per heavy atom. The van der Waals surface area contributed by atoms with E-state index in [2.05, 4.69) is 16.0 Å². The van der Waals surface area contributed by atoms with E-state index in [9.17, 15) is 18.8 Å². The summed E-state index contributed by atoms with van der Waals surface area (Å²) in [7, 11) is 0. The highest BCUT2D eigenvalue weighted by Crippen LogP contribution is 2.20. The number of urea groups is 1. The van der Waals surface area contributed by atoms with E-state index in [-0.39, 0.29) is 42.0 Å². The van der Waals surface area contributed by atoms with Crippen molar-refractivity contribution >= 4 is 29.2 Å². The molecule has 0 bridgehead atoms. The van der Waals surface area contributed by atoms with Crippen LogP contribution in [-0.4, -0.2) is 35.8 Å². The Morgan fingerprint density at radius 1 is 1.06 bits per heavy atom. The molecule has 1 heterocycles. The number of carbonyl (C=O) groups excluding carboxylic acids is 3. The molecular formula is C24H29FN4O3. The van der Waals surface area contributed by atoms with E-state index in [1.165, 1.54) is 6.07 Å². The molecule has 0 aromatic heterocycles. The lowest BCUT2D eigenvalue weighted by Crippen LogP contribution is -2.46. The number of likely N-dealkylation sites (tertiary alicyclic amines) is 1. The van der Waals surface area contributed by atoms with Gasteiger partial charge in [-0.05, 0) is 37.1 Å². The lowest BCUT2D eigenvalue weighted by atomic mass is 9.97. The first-order valence-corrected chi connectivity index (χ1v) is 10.8. The maximum atomic E-state index is 13.8. The number of halogens is 1. The number of anilines is 2. The number of nitrogens with zero attached hydrogens (tertiary/aromatic N) is 1. The van der Waals surface area contributed by atoms with E-state index in [4.69, 9.17) is 0 Å². The minimum absolute atomic E-state index is 0.103. The maximum Gasteiger partial charge on any atom is 0.321 e. The van der Waals surface area contributed by atoms with Crippen LogP contribution >= 0.6 is 0 Å². The quantitative estimate of drug-likeness (QED) is 0.635. The standard InChI is InChI=1S/C24H29FN4O3/c1-16(2)22(30)27-19-9-5-10-20(13-19)28-24(32)29-12-6-8-18(15-29)23(31)26-14-17-7-3-4-11-21(17)25/h3-5,7,9-11,13,16,18H,6,8,12,14-15H2,1-2H3,(H,26,31)(H,27,30)(H,28,32). The number of rotatable bonds is 6. The van der Waals surface area contributed by atoms with Crippen molar-refractivity contribution in [2.45, 2.75) is 33.2 Å². The highest BCUT2D eigenvalue weighted by molar-refractivity contribution is 5.94. The third kappa shape index (κ3) is 6.29. The number of piperidine rings is 1. The van der Waals surface area contributed by atoms with E-state index in [1.54, 1.807) is 61.2 Å². The van der Waals surface area contributed by atoms with Crippen LogP contribution in [0.2, 0.25) is 0 Å². The van der Waals surface area contributed by atoms with Crippen LogP contribution in [0.3, 0.4) is 0 Å². The minimum Gasteiger partial charge on any atom is -0.352 e. The molecule has 8 heteroatoms. The van der Waals surface area contributed by atoms with Gasteiger partial charge in [0.15, 0.2) is 0 Å². The molecule has 1 fully saturated rings. The largest absolute Gasteiger partial charge is 0.352 e. The molecule has 1 atom stereocenters. The van der Waals surface area contributed by atoms with Crippen LogP contribution in [0.15, 0.2) is 48.5 Å². The summed E-state index contributed by atoms with van der Waals surface area (Å²) in [6, 6.07) is 13.0. The number of hydrogen-bond donors (Lipinski definition) is 3. The van der Waals surface area contributed by atoms with Crippen LogP contribution in [0.4, 0.5) is 20.6 Å². The summed E-state index contributed by atoms with van der Waals surface area (Å²) in [6.07, 6.45) is 1.37. The molecule has 0 radical (unpaired) electrons. The molecule has 1 unspecified atom stereocenters. The predicted octanol–water partition coefficient (Wildman–Crippen LogP) is 3.98. The Bertz CT molecular complexity index is 979. The molecule has 4 amide bonds. The Labute approximate surface area is 187 Å². The second kappa shape index (κ2) is 10.7. The van der Waals surface area contributed by atoms with Gasteiger partial charge in [-0.15, -0.1) is 0 Å². The normalized spacial score (nSPS) is 15.9. The van der Waals surface area contributed by atoms with Crippen molar-refractivity contribution in [2.75, 3.05) is 23.7 Å². The molecule has 1 aliphatic rings. The van der Waals surface area contributed by atoms with Crippen molar-refractivity contribution < 1.29 is 18.8 Å². The Balaban J connectivity index is 1.54. The van der Waals surface area contributed by atoms with Gasteiger partial charge in [-0.1, -0.05) is 38.1 Å². The molecule has 3 rings (SSSR count). The van der Waals surface area contributed by atoms with E-state index in [0.717, 1.165) is 0 Å². The molecule has 170 valence electrons. The highest BCUT2D eigenvalue weighted by atomic mass is 19.1. The van der Waals surface area contributed by atoms with E-state index >= 15 is 0 Å². The van der Waals surface area contributed by atoms with Crippen LogP contribution in [-0.2, 0) is 16.1 Å². The number of benzene rings is 2. The van der Waals surface area contributed by atoms with Gasteiger partial charge in [-0.3, -0.25) is 9.59 Å². The van der Waals surface area contributed by atoms with Gasteiger partial charge in [0.1, 0.15) is 5.82 Å². The van der Waals surface area contributed by atoms with Crippen molar-refractivity contribution in [1.29, 1.82) is 0 Å². The van der Waals surface area contributed by atoms with Gasteiger partial charge < -0.3 is 20.9 Å². The van der Waals surface area contributed by atoms with Gasteiger partial charge in [-0.2, -0.15) is 0 Å². The van der Waals surface area contributed by atoms with Crippen molar-refractivity contribution in [1.82, 2.24) is 10.2 Å². The third-order valence-corrected chi connectivity index (χ3v) is 5.40. The molecule has 32 heavy (non-hydrogen) atoms. The molecule has 1 aliphatic heterocycles. The van der Waals surface area contributed by atoms with Crippen molar-refractivity contribution in [3.63, 3.8) is 0 Å². The molecule has 0 spiro atoms. The predicted molar refractivity (Wildman–Crippen MR) is 121 cm³/mol. The number of nitrogens with one attached hydrogen (secondary N) is 3. The fraction of sp³-hybridized carbons (Fsp3) is 0.375. The van der Waals surface area contributed by atoms with Gasteiger partial charge in [0.2, 0.25) is 11.8 Å². The fourth-order valence-electron chi connectivity index (χ4n) is 3.51. The summed E-state index contributed by atoms with van der Waals surface area (Å²) >= 11 is 0. The van der Waals surface area contributed by atoms with Gasteiger partial charge in [0, 0.05) is 42.5 Å². The third-order valence-electron chi connectivity index (χ3n) is 5.40. The van der Waals surface area contributed by atoms with Crippen molar-refractivity contribution in [3.8, 4) is 0 Å². The lowest BCUT2D eigenvalue weighted by Gasteiger charge is -2.32. The smallest absolute Gasteiger partial charge is 0.321 e. The average Bonchev–Trinajstić information content (AvgIpc) is 2.78. The molecule has 1 saturated heterocycles. The topological polar surface area (TPSA) is 90.5 Å². The van der Waals surface area contributed by atoms with Crippen molar-refractivity contribution in [2.24, 2.45) is 11.8 Å². The van der Waals surface area contributed by atoms with Gasteiger partial charge >= 0.3 is 6.03 Å². The molecule has 2 aromatic rings. The van der Waals surface area contributed by atoms with E-state index < -0.39 is 0 Å². The number of amides is 4. The summed E-state index contributed by atoms with van der Waals surface area (Å²) in [5.41, 5.74) is 1.59. The van der Waals surface area contributed by atoms with Crippen molar-refractivity contribution in [3.05, 3.63) is 59.9 Å². The van der Waals surface area contributed by atoms with E-state index in [1.807, 2.05) is 0 Å². The van der Waals surface area contributed by atoms with Gasteiger partial charge in [0.25, 0.3) is 0 Å². The molecular weight excluding hydrogens is 411 g/mol. The van der Waals surface area contributed by atoms with Gasteiger partial charge in [-0.25, -0.2) is 9.18 Å². The Kier molecular flexibility index (Phi) is 7.81. The van der Waals surface area contributed by atoms with Crippen LogP contribution in [0.1, 0.15) is 32.3 Å². The van der Waals surface area contributed by atoms with Crippen LogP contribution in [0, 0.1) is 17.7 Å². The summed E-state index contributed by atoms with van der Waals surface area (Å²) in [4.78, 5) is 38.8. The average molecular weight is 441 g/mol. The van der Waals surface area contributed by atoms with Crippen LogP contribution < -0.4 is 16.0 Å². The second-order valence-corrected chi connectivity index (χ2v) is 8.25. The maximum absolute atomic E-state index is 13.8. The first-order chi connectivity index (χ1) is 15.3. The number of hydrogen-bond acceptors (Lipinski definition) is 3. The summed E-state index contributed by atoms with van der Waals surface area (Å²) < 4.78 is 13.8. The van der Waals surface area contributed by atoms with E-state index in [0.29, 0.717) is 42.9 Å². The Hall–Kier alpha value is -3.42. The minimum atomic E-state index is -0.357. The Morgan fingerprint density at radius 2 is 1.78 bits per heavy atom. The molecule has 3 N–H and O–H groups in total. The zero-order valence-corrected chi connectivity index (χ0v) is 18.4. The molecule has 2 aromatic carbocycles.